The number of halogens is 2. The van der Waals surface area contributed by atoms with Gasteiger partial charge in [-0.15, -0.1) is 0 Å². The van der Waals surface area contributed by atoms with Crippen LogP contribution in [0, 0.1) is 5.92 Å². The Bertz CT molecular complexity index is 165. The van der Waals surface area contributed by atoms with Crippen molar-refractivity contribution in [2.24, 2.45) is 5.92 Å². The van der Waals surface area contributed by atoms with Gasteiger partial charge in [-0.05, 0) is 19.8 Å². The van der Waals surface area contributed by atoms with E-state index in [2.05, 4.69) is 0 Å². The molecule has 1 aliphatic rings. The van der Waals surface area contributed by atoms with Crippen LogP contribution in [-0.2, 0) is 4.79 Å². The number of carbonyl (C=O) groups excluding carboxylic acids is 1. The third kappa shape index (κ3) is 1.76. The molecule has 1 nitrogen and oxygen atoms in total. The summed E-state index contributed by atoms with van der Waals surface area (Å²) >= 11 is 0. The highest BCUT2D eigenvalue weighted by Crippen LogP contribution is 2.38. The average Bonchev–Trinajstić information content (AvgIpc) is 1.85. The van der Waals surface area contributed by atoms with Crippen LogP contribution in [-0.4, -0.2) is 11.7 Å². The Hall–Kier alpha value is -0.470. The summed E-state index contributed by atoms with van der Waals surface area (Å²) in [6, 6.07) is 0. The van der Waals surface area contributed by atoms with Gasteiger partial charge in [0, 0.05) is 6.42 Å². The Balaban J connectivity index is 2.67. The van der Waals surface area contributed by atoms with Crippen LogP contribution in [0.15, 0.2) is 0 Å². The van der Waals surface area contributed by atoms with Crippen molar-refractivity contribution in [1.29, 1.82) is 0 Å². The first-order chi connectivity index (χ1) is 5.04. The monoisotopic (exact) mass is 162 g/mol. The molecule has 1 saturated carbocycles. The summed E-state index contributed by atoms with van der Waals surface area (Å²) in [6.07, 6.45) is 1.57. The van der Waals surface area contributed by atoms with Gasteiger partial charge in [0.15, 0.2) is 0 Å². The van der Waals surface area contributed by atoms with Crippen LogP contribution in [0.2, 0.25) is 0 Å². The first-order valence-electron chi connectivity index (χ1n) is 3.92. The van der Waals surface area contributed by atoms with Gasteiger partial charge >= 0.3 is 0 Å². The second-order valence-electron chi connectivity index (χ2n) is 3.17. The van der Waals surface area contributed by atoms with Crippen molar-refractivity contribution < 1.29 is 13.6 Å². The summed E-state index contributed by atoms with van der Waals surface area (Å²) in [6.45, 7) is 1.25. The minimum atomic E-state index is -2.73. The smallest absolute Gasteiger partial charge is 0.257 e. The first kappa shape index (κ1) is 8.62. The highest BCUT2D eigenvalue weighted by Gasteiger charge is 2.43. The maximum absolute atomic E-state index is 12.9. The summed E-state index contributed by atoms with van der Waals surface area (Å²) in [5.41, 5.74) is 0. The summed E-state index contributed by atoms with van der Waals surface area (Å²) < 4.78 is 25.8. The van der Waals surface area contributed by atoms with Gasteiger partial charge in [-0.3, -0.25) is 4.79 Å². The number of hydrogen-bond donors (Lipinski definition) is 0. The van der Waals surface area contributed by atoms with Crippen molar-refractivity contribution in [3.63, 3.8) is 0 Å². The van der Waals surface area contributed by atoms with Crippen molar-refractivity contribution in [3.8, 4) is 0 Å². The third-order valence-electron chi connectivity index (χ3n) is 2.25. The molecule has 1 fully saturated rings. The van der Waals surface area contributed by atoms with E-state index in [1.165, 1.54) is 6.92 Å². The second-order valence-corrected chi connectivity index (χ2v) is 3.17. The maximum Gasteiger partial charge on any atom is 0.257 e. The molecule has 0 spiro atoms. The number of alkyl halides is 2. The Morgan fingerprint density at radius 1 is 1.45 bits per heavy atom. The Morgan fingerprint density at radius 2 is 2.09 bits per heavy atom. The molecule has 0 N–H and O–H groups in total. The molecule has 1 rings (SSSR count). The van der Waals surface area contributed by atoms with Crippen LogP contribution in [0.1, 0.15) is 32.6 Å². The number of carbonyl (C=O) groups is 1. The molecule has 0 saturated heterocycles. The molecule has 1 aliphatic carbocycles. The zero-order valence-corrected chi connectivity index (χ0v) is 6.57. The van der Waals surface area contributed by atoms with E-state index in [0.717, 1.165) is 6.42 Å². The minimum absolute atomic E-state index is 0.114. The van der Waals surface area contributed by atoms with Crippen LogP contribution in [0.3, 0.4) is 0 Å². The molecule has 0 bridgehead atoms. The van der Waals surface area contributed by atoms with Crippen LogP contribution in [0.5, 0.6) is 0 Å². The molecule has 64 valence electrons. The standard InChI is InChI=1S/C8H12F2O/c1-6(11)7-4-2-3-5-8(7,9)10/h7H,2-5H2,1H3. The van der Waals surface area contributed by atoms with E-state index in [1.807, 2.05) is 0 Å². The van der Waals surface area contributed by atoms with E-state index >= 15 is 0 Å². The van der Waals surface area contributed by atoms with Crippen LogP contribution in [0.25, 0.3) is 0 Å². The Kier molecular flexibility index (Phi) is 2.25. The summed E-state index contributed by atoms with van der Waals surface area (Å²) in [5, 5.41) is 0. The molecular weight excluding hydrogens is 150 g/mol. The fourth-order valence-corrected chi connectivity index (χ4v) is 1.60. The average molecular weight is 162 g/mol. The lowest BCUT2D eigenvalue weighted by Crippen LogP contribution is -2.36. The number of Topliss-reactive ketones (excluding diaryl/α,β-unsaturated/α-hetero) is 1. The predicted octanol–water partition coefficient (Wildman–Crippen LogP) is 2.40. The molecule has 0 aromatic heterocycles. The van der Waals surface area contributed by atoms with Gasteiger partial charge in [-0.1, -0.05) is 6.42 Å². The summed E-state index contributed by atoms with van der Waals surface area (Å²) in [5.74, 6) is -4.10. The maximum atomic E-state index is 12.9. The number of ketones is 1. The van der Waals surface area contributed by atoms with E-state index in [4.69, 9.17) is 0 Å². The van der Waals surface area contributed by atoms with E-state index in [0.29, 0.717) is 12.8 Å². The third-order valence-corrected chi connectivity index (χ3v) is 2.25. The van der Waals surface area contributed by atoms with Crippen LogP contribution >= 0.6 is 0 Å². The zero-order chi connectivity index (χ0) is 8.48. The second kappa shape index (κ2) is 2.88. The van der Waals surface area contributed by atoms with Gasteiger partial charge in [0.2, 0.25) is 0 Å². The summed E-state index contributed by atoms with van der Waals surface area (Å²) in [4.78, 5) is 10.7. The van der Waals surface area contributed by atoms with E-state index in [1.54, 1.807) is 0 Å². The number of rotatable bonds is 1. The lowest BCUT2D eigenvalue weighted by atomic mass is 9.83. The fourth-order valence-electron chi connectivity index (χ4n) is 1.60. The lowest BCUT2D eigenvalue weighted by Gasteiger charge is -2.29. The largest absolute Gasteiger partial charge is 0.299 e. The molecule has 0 heterocycles. The Labute approximate surface area is 64.8 Å². The Morgan fingerprint density at radius 3 is 2.45 bits per heavy atom. The molecule has 1 unspecified atom stereocenters. The van der Waals surface area contributed by atoms with Crippen molar-refractivity contribution in [1.82, 2.24) is 0 Å². The van der Waals surface area contributed by atoms with Gasteiger partial charge in [0.25, 0.3) is 5.92 Å². The van der Waals surface area contributed by atoms with Crippen molar-refractivity contribution >= 4 is 5.78 Å². The van der Waals surface area contributed by atoms with E-state index in [-0.39, 0.29) is 12.2 Å². The normalized spacial score (nSPS) is 29.9. The van der Waals surface area contributed by atoms with E-state index in [9.17, 15) is 13.6 Å². The molecule has 0 radical (unpaired) electrons. The van der Waals surface area contributed by atoms with Crippen molar-refractivity contribution in [2.75, 3.05) is 0 Å². The van der Waals surface area contributed by atoms with E-state index < -0.39 is 11.8 Å². The van der Waals surface area contributed by atoms with Gasteiger partial charge in [0.1, 0.15) is 5.78 Å². The van der Waals surface area contributed by atoms with Crippen LogP contribution in [0.4, 0.5) is 8.78 Å². The number of hydrogen-bond acceptors (Lipinski definition) is 1. The van der Waals surface area contributed by atoms with Gasteiger partial charge in [-0.25, -0.2) is 8.78 Å². The first-order valence-corrected chi connectivity index (χ1v) is 3.92. The highest BCUT2D eigenvalue weighted by atomic mass is 19.3. The van der Waals surface area contributed by atoms with Crippen molar-refractivity contribution in [2.45, 2.75) is 38.5 Å². The molecule has 1 atom stereocenters. The highest BCUT2D eigenvalue weighted by molar-refractivity contribution is 5.79. The lowest BCUT2D eigenvalue weighted by molar-refractivity contribution is -0.140. The fraction of sp³-hybridized carbons (Fsp3) is 0.875. The SMILES string of the molecule is CC(=O)C1CCCCC1(F)F. The summed E-state index contributed by atoms with van der Waals surface area (Å²) in [7, 11) is 0. The van der Waals surface area contributed by atoms with Crippen LogP contribution < -0.4 is 0 Å². The predicted molar refractivity (Wildman–Crippen MR) is 37.6 cm³/mol. The minimum Gasteiger partial charge on any atom is -0.299 e. The molecular formula is C8H12F2O. The molecule has 0 aliphatic heterocycles. The van der Waals surface area contributed by atoms with Gasteiger partial charge in [0.05, 0.1) is 5.92 Å². The molecule has 0 aromatic rings. The molecule has 0 amide bonds. The molecule has 0 aromatic carbocycles. The zero-order valence-electron chi connectivity index (χ0n) is 6.57. The van der Waals surface area contributed by atoms with Gasteiger partial charge < -0.3 is 0 Å². The van der Waals surface area contributed by atoms with Gasteiger partial charge in [-0.2, -0.15) is 0 Å². The van der Waals surface area contributed by atoms with Crippen molar-refractivity contribution in [3.05, 3.63) is 0 Å². The topological polar surface area (TPSA) is 17.1 Å². The molecule has 11 heavy (non-hydrogen) atoms. The molecule has 3 heteroatoms. The quantitative estimate of drug-likeness (QED) is 0.578.